The lowest BCUT2D eigenvalue weighted by molar-refractivity contribution is -0.158. The van der Waals surface area contributed by atoms with Crippen LogP contribution in [0.25, 0.3) is 5.53 Å². The maximum absolute atomic E-state index is 12.5. The van der Waals surface area contributed by atoms with Crippen LogP contribution < -0.4 is 0 Å². The lowest BCUT2D eigenvalue weighted by Gasteiger charge is -2.60. The van der Waals surface area contributed by atoms with E-state index in [-0.39, 0.29) is 11.5 Å². The van der Waals surface area contributed by atoms with Crippen molar-refractivity contribution in [2.45, 2.75) is 77.7 Å². The van der Waals surface area contributed by atoms with Gasteiger partial charge in [0.2, 0.25) is 0 Å². The van der Waals surface area contributed by atoms with E-state index in [1.165, 1.54) is 19.3 Å². The van der Waals surface area contributed by atoms with Gasteiger partial charge >= 0.3 is 12.2 Å². The summed E-state index contributed by atoms with van der Waals surface area (Å²) in [6.45, 7) is 4.69. The molecule has 1 unspecified atom stereocenters. The van der Waals surface area contributed by atoms with E-state index in [4.69, 9.17) is 10.3 Å². The van der Waals surface area contributed by atoms with Gasteiger partial charge in [-0.3, -0.25) is 4.79 Å². The minimum Gasteiger partial charge on any atom is -0.454 e. The van der Waals surface area contributed by atoms with Crippen LogP contribution in [0.5, 0.6) is 0 Å². The van der Waals surface area contributed by atoms with Crippen molar-refractivity contribution in [3.05, 3.63) is 5.53 Å². The van der Waals surface area contributed by atoms with E-state index in [0.717, 1.165) is 44.7 Å². The van der Waals surface area contributed by atoms with E-state index >= 15 is 0 Å². The van der Waals surface area contributed by atoms with Gasteiger partial charge in [-0.15, -0.1) is 0 Å². The summed E-state index contributed by atoms with van der Waals surface area (Å²) in [4.78, 5) is 26.9. The fourth-order valence-corrected chi connectivity index (χ4v) is 7.34. The van der Waals surface area contributed by atoms with Crippen LogP contribution in [0.3, 0.4) is 0 Å². The predicted octanol–water partition coefficient (Wildman–Crippen LogP) is 3.81. The van der Waals surface area contributed by atoms with Crippen molar-refractivity contribution in [3.8, 4) is 0 Å². The van der Waals surface area contributed by atoms with Gasteiger partial charge in [0, 0.05) is 11.8 Å². The van der Waals surface area contributed by atoms with Crippen molar-refractivity contribution in [1.29, 1.82) is 0 Å². The van der Waals surface area contributed by atoms with Crippen molar-refractivity contribution in [2.75, 3.05) is 0 Å². The second-order valence-electron chi connectivity index (χ2n) is 9.65. The molecule has 5 heteroatoms. The van der Waals surface area contributed by atoms with Crippen LogP contribution in [0.2, 0.25) is 0 Å². The fourth-order valence-electron chi connectivity index (χ4n) is 7.34. The summed E-state index contributed by atoms with van der Waals surface area (Å²) >= 11 is 0. The molecule has 5 nitrogen and oxygen atoms in total. The monoisotopic (exact) mass is 358 g/mol. The average Bonchev–Trinajstić information content (AvgIpc) is 2.91. The Bertz CT molecular complexity index is 670. The highest BCUT2D eigenvalue weighted by Crippen LogP contribution is 2.65. The van der Waals surface area contributed by atoms with Gasteiger partial charge in [-0.05, 0) is 80.5 Å². The standard InChI is InChI=1S/C21H30N2O3/c1-20-9-7-14(26-19(25)12-23-22)11-13(20)3-4-15-16-5-6-18(24)21(16,2)10-8-17(15)20/h12-17H,3-11H2,1-2H3/t13?,14-,15-,16-,17-,20-,21-/m0/s1. The number of esters is 1. The third-order valence-corrected chi connectivity index (χ3v) is 8.77. The molecule has 4 aliphatic rings. The summed E-state index contributed by atoms with van der Waals surface area (Å²) in [5.41, 5.74) is 8.74. The second kappa shape index (κ2) is 6.30. The van der Waals surface area contributed by atoms with E-state index in [9.17, 15) is 9.59 Å². The predicted molar refractivity (Wildman–Crippen MR) is 96.3 cm³/mol. The molecule has 0 heterocycles. The molecule has 26 heavy (non-hydrogen) atoms. The lowest BCUT2D eigenvalue weighted by atomic mass is 9.45. The number of ketones is 1. The van der Waals surface area contributed by atoms with Crippen molar-refractivity contribution in [1.82, 2.24) is 0 Å². The molecule has 0 aromatic rings. The van der Waals surface area contributed by atoms with Gasteiger partial charge in [0.25, 0.3) is 0 Å². The number of hydrogen-bond donors (Lipinski definition) is 0. The minimum absolute atomic E-state index is 0.0548. The number of carbonyl (C=O) groups is 2. The molecule has 0 aromatic carbocycles. The quantitative estimate of drug-likeness (QED) is 0.326. The Morgan fingerprint density at radius 3 is 2.73 bits per heavy atom. The zero-order chi connectivity index (χ0) is 18.5. The zero-order valence-electron chi connectivity index (χ0n) is 15.9. The molecule has 0 aliphatic heterocycles. The van der Waals surface area contributed by atoms with Gasteiger partial charge in [0.05, 0.1) is 0 Å². The highest BCUT2D eigenvalue weighted by atomic mass is 16.5. The van der Waals surface area contributed by atoms with Gasteiger partial charge in [-0.2, -0.15) is 4.79 Å². The molecule has 4 fully saturated rings. The van der Waals surface area contributed by atoms with E-state index < -0.39 is 5.97 Å². The second-order valence-corrected chi connectivity index (χ2v) is 9.65. The SMILES string of the molecule is C[C@]12CC[C@H](OC(=O)C=[N+]=[N-])CC1CC[C@@H]1[C@@H]2CC[C@]2(C)C(=O)CC[C@@H]12. The smallest absolute Gasteiger partial charge is 0.413 e. The van der Waals surface area contributed by atoms with Gasteiger partial charge in [0.15, 0.2) is 0 Å². The Morgan fingerprint density at radius 1 is 1.15 bits per heavy atom. The summed E-state index contributed by atoms with van der Waals surface area (Å²) in [6.07, 6.45) is 10.2. The molecule has 4 rings (SSSR count). The first kappa shape index (κ1) is 17.9. The number of Topliss-reactive ketones (excluding diaryl/α,β-unsaturated/α-hetero) is 1. The van der Waals surface area contributed by atoms with Crippen LogP contribution in [0.1, 0.15) is 71.6 Å². The van der Waals surface area contributed by atoms with Crippen molar-refractivity contribution in [2.24, 2.45) is 34.5 Å². The van der Waals surface area contributed by atoms with Gasteiger partial charge < -0.3 is 10.3 Å². The maximum Gasteiger partial charge on any atom is 0.413 e. The van der Waals surface area contributed by atoms with Crippen molar-refractivity contribution < 1.29 is 19.1 Å². The lowest BCUT2D eigenvalue weighted by Crippen LogP contribution is -2.54. The molecule has 142 valence electrons. The Kier molecular flexibility index (Phi) is 4.34. The Labute approximate surface area is 155 Å². The summed E-state index contributed by atoms with van der Waals surface area (Å²) in [7, 11) is 0. The summed E-state index contributed by atoms with van der Waals surface area (Å²) in [6, 6.07) is 0. The maximum atomic E-state index is 12.5. The Balaban J connectivity index is 1.50. The third kappa shape index (κ3) is 2.58. The first-order valence-electron chi connectivity index (χ1n) is 10.3. The molecule has 0 amide bonds. The van der Waals surface area contributed by atoms with Crippen LogP contribution in [0, 0.1) is 34.5 Å². The van der Waals surface area contributed by atoms with E-state index in [0.29, 0.717) is 34.9 Å². The molecule has 0 bridgehead atoms. The molecular weight excluding hydrogens is 328 g/mol. The third-order valence-electron chi connectivity index (χ3n) is 8.77. The zero-order valence-corrected chi connectivity index (χ0v) is 15.9. The van der Waals surface area contributed by atoms with Crippen LogP contribution in [0.4, 0.5) is 0 Å². The van der Waals surface area contributed by atoms with E-state index in [1.807, 2.05) is 0 Å². The van der Waals surface area contributed by atoms with E-state index in [2.05, 4.69) is 18.6 Å². The number of hydrogen-bond acceptors (Lipinski definition) is 3. The van der Waals surface area contributed by atoms with Gasteiger partial charge in [0.1, 0.15) is 11.9 Å². The van der Waals surface area contributed by atoms with Crippen molar-refractivity contribution >= 4 is 18.0 Å². The Morgan fingerprint density at radius 2 is 1.96 bits per heavy atom. The molecule has 4 saturated carbocycles. The molecule has 0 saturated heterocycles. The average molecular weight is 358 g/mol. The van der Waals surface area contributed by atoms with Crippen LogP contribution in [-0.4, -0.2) is 28.9 Å². The van der Waals surface area contributed by atoms with E-state index in [1.54, 1.807) is 0 Å². The highest BCUT2D eigenvalue weighted by molar-refractivity contribution is 6.20. The summed E-state index contributed by atoms with van der Waals surface area (Å²) < 4.78 is 5.47. The summed E-state index contributed by atoms with van der Waals surface area (Å²) in [5.74, 6) is 2.54. The fraction of sp³-hybridized carbons (Fsp3) is 0.857. The number of rotatable bonds is 2. The molecule has 0 spiro atoms. The normalized spacial score (nSPS) is 47.2. The largest absolute Gasteiger partial charge is 0.454 e. The number of carbonyl (C=O) groups excluding carboxylic acids is 2. The molecular formula is C21H30N2O3. The van der Waals surface area contributed by atoms with Gasteiger partial charge in [-0.25, -0.2) is 4.79 Å². The molecule has 0 aromatic heterocycles. The molecule has 4 aliphatic carbocycles. The summed E-state index contributed by atoms with van der Waals surface area (Å²) in [5, 5.41) is 0. The molecule has 7 atom stereocenters. The van der Waals surface area contributed by atoms with Crippen molar-refractivity contribution in [3.63, 3.8) is 0 Å². The van der Waals surface area contributed by atoms with Crippen LogP contribution >= 0.6 is 0 Å². The van der Waals surface area contributed by atoms with Crippen LogP contribution in [0.15, 0.2) is 0 Å². The highest BCUT2D eigenvalue weighted by Gasteiger charge is 2.60. The first-order valence-corrected chi connectivity index (χ1v) is 10.3. The minimum atomic E-state index is -0.548. The number of ether oxygens (including phenoxy) is 1. The first-order chi connectivity index (χ1) is 12.4. The topological polar surface area (TPSA) is 79.8 Å². The molecule has 0 N–H and O–H groups in total. The number of nitrogens with zero attached hydrogens (tertiary/aromatic N) is 2. The number of fused-ring (bicyclic) bond motifs is 5. The van der Waals surface area contributed by atoms with Crippen LogP contribution in [-0.2, 0) is 14.3 Å². The van der Waals surface area contributed by atoms with Gasteiger partial charge in [-0.1, -0.05) is 13.8 Å². The molecule has 0 radical (unpaired) electrons. The Hall–Kier alpha value is -1.48.